The Labute approximate surface area is 144 Å². The number of ketones is 1. The van der Waals surface area contributed by atoms with Crippen LogP contribution in [0.2, 0.25) is 0 Å². The summed E-state index contributed by atoms with van der Waals surface area (Å²) in [5.74, 6) is 1.13. The second kappa shape index (κ2) is 6.52. The molecular weight excluding hydrogens is 294 g/mol. The van der Waals surface area contributed by atoms with Crippen LogP contribution in [0.15, 0.2) is 54.6 Å². The van der Waals surface area contributed by atoms with E-state index in [0.717, 1.165) is 37.9 Å². The van der Waals surface area contributed by atoms with Crippen molar-refractivity contribution in [1.29, 1.82) is 0 Å². The summed E-state index contributed by atoms with van der Waals surface area (Å²) < 4.78 is 0. The number of nitrogens with zero attached hydrogens (tertiary/aromatic N) is 1. The summed E-state index contributed by atoms with van der Waals surface area (Å²) in [7, 11) is 0. The number of piperidine rings is 1. The van der Waals surface area contributed by atoms with Crippen LogP contribution < -0.4 is 0 Å². The summed E-state index contributed by atoms with van der Waals surface area (Å²) in [5, 5.41) is 0. The van der Waals surface area contributed by atoms with E-state index in [1.54, 1.807) is 0 Å². The molecule has 1 aliphatic carbocycles. The normalized spacial score (nSPS) is 27.2. The maximum absolute atomic E-state index is 12.8. The molecule has 2 aliphatic rings. The van der Waals surface area contributed by atoms with Crippen molar-refractivity contribution in [2.75, 3.05) is 6.54 Å². The molecule has 0 radical (unpaired) electrons. The molecule has 0 aromatic heterocycles. The third kappa shape index (κ3) is 2.91. The van der Waals surface area contributed by atoms with E-state index in [1.807, 2.05) is 12.1 Å². The summed E-state index contributed by atoms with van der Waals surface area (Å²) in [6.45, 7) is 4.44. The molecule has 2 aromatic rings. The van der Waals surface area contributed by atoms with Crippen molar-refractivity contribution in [3.05, 3.63) is 71.3 Å². The van der Waals surface area contributed by atoms with E-state index in [9.17, 15) is 4.79 Å². The molecule has 0 amide bonds. The number of Topliss-reactive ketones (excluding diaryl/α,β-unsaturated/α-hetero) is 1. The number of hydrogen-bond acceptors (Lipinski definition) is 2. The lowest BCUT2D eigenvalue weighted by Gasteiger charge is -2.39. The van der Waals surface area contributed by atoms with Crippen molar-refractivity contribution in [1.82, 2.24) is 4.90 Å². The van der Waals surface area contributed by atoms with Gasteiger partial charge >= 0.3 is 0 Å². The lowest BCUT2D eigenvalue weighted by molar-refractivity contribution is 0.0701. The first kappa shape index (κ1) is 15.6. The quantitative estimate of drug-likeness (QED) is 0.838. The molecule has 2 aromatic carbocycles. The topological polar surface area (TPSA) is 20.3 Å². The highest BCUT2D eigenvalue weighted by atomic mass is 16.1. The molecule has 3 atom stereocenters. The lowest BCUT2D eigenvalue weighted by Crippen LogP contribution is -2.42. The van der Waals surface area contributed by atoms with Crippen LogP contribution in [-0.4, -0.2) is 23.3 Å². The number of likely N-dealkylation sites (tertiary alicyclic amines) is 1. The first-order chi connectivity index (χ1) is 11.7. The largest absolute Gasteiger partial charge is 0.296 e. The molecule has 0 saturated carbocycles. The van der Waals surface area contributed by atoms with Gasteiger partial charge in [-0.2, -0.15) is 0 Å². The number of hydrogen-bond donors (Lipinski definition) is 0. The zero-order valence-corrected chi connectivity index (χ0v) is 14.3. The van der Waals surface area contributed by atoms with Crippen LogP contribution in [0.3, 0.4) is 0 Å². The van der Waals surface area contributed by atoms with E-state index in [-0.39, 0.29) is 5.92 Å². The monoisotopic (exact) mass is 319 g/mol. The number of benzene rings is 2. The number of carbonyl (C=O) groups is 1. The predicted molar refractivity (Wildman–Crippen MR) is 97.0 cm³/mol. The Morgan fingerprint density at radius 3 is 2.54 bits per heavy atom. The predicted octanol–water partition coefficient (Wildman–Crippen LogP) is 4.34. The molecule has 1 saturated heterocycles. The van der Waals surface area contributed by atoms with Crippen molar-refractivity contribution >= 4 is 5.78 Å². The van der Waals surface area contributed by atoms with Gasteiger partial charge in [-0.3, -0.25) is 9.69 Å². The van der Waals surface area contributed by atoms with E-state index >= 15 is 0 Å². The second-order valence-corrected chi connectivity index (χ2v) is 7.42. The summed E-state index contributed by atoms with van der Waals surface area (Å²) in [5.41, 5.74) is 3.61. The average Bonchev–Trinajstić information content (AvgIpc) is 2.95. The fourth-order valence-electron chi connectivity index (χ4n) is 4.52. The molecule has 1 heterocycles. The second-order valence-electron chi connectivity index (χ2n) is 7.42. The Kier molecular flexibility index (Phi) is 4.24. The molecule has 1 aliphatic heterocycles. The Bertz CT molecular complexity index is 724. The molecule has 2 heteroatoms. The highest BCUT2D eigenvalue weighted by molar-refractivity contribution is 6.02. The lowest BCUT2D eigenvalue weighted by atomic mass is 9.79. The molecule has 4 rings (SSSR count). The molecule has 124 valence electrons. The number of rotatable bonds is 3. The van der Waals surface area contributed by atoms with Crippen molar-refractivity contribution in [3.8, 4) is 0 Å². The number of fused-ring (bicyclic) bond motifs is 1. The fourth-order valence-corrected chi connectivity index (χ4v) is 4.52. The Hall–Kier alpha value is -1.93. The summed E-state index contributed by atoms with van der Waals surface area (Å²) in [6.07, 6.45) is 3.23. The van der Waals surface area contributed by atoms with Gasteiger partial charge in [0, 0.05) is 24.1 Å². The van der Waals surface area contributed by atoms with E-state index in [1.165, 1.54) is 11.1 Å². The molecule has 2 nitrogen and oxygen atoms in total. The van der Waals surface area contributed by atoms with Gasteiger partial charge in [0.05, 0.1) is 0 Å². The molecule has 0 spiro atoms. The Morgan fingerprint density at radius 2 is 1.79 bits per heavy atom. The van der Waals surface area contributed by atoms with Crippen LogP contribution in [0.1, 0.15) is 41.3 Å². The van der Waals surface area contributed by atoms with Crippen LogP contribution in [-0.2, 0) is 13.0 Å². The van der Waals surface area contributed by atoms with Gasteiger partial charge in [-0.15, -0.1) is 0 Å². The van der Waals surface area contributed by atoms with Crippen LogP contribution in [0.4, 0.5) is 0 Å². The van der Waals surface area contributed by atoms with Crippen LogP contribution in [0.5, 0.6) is 0 Å². The van der Waals surface area contributed by atoms with Gasteiger partial charge in [-0.25, -0.2) is 0 Å². The van der Waals surface area contributed by atoms with Gasteiger partial charge in [-0.05, 0) is 49.8 Å². The van der Waals surface area contributed by atoms with Gasteiger partial charge in [0.25, 0.3) is 0 Å². The molecule has 0 bridgehead atoms. The van der Waals surface area contributed by atoms with Crippen molar-refractivity contribution < 1.29 is 4.79 Å². The summed E-state index contributed by atoms with van der Waals surface area (Å²) >= 11 is 0. The molecule has 3 unspecified atom stereocenters. The van der Waals surface area contributed by atoms with E-state index in [2.05, 4.69) is 54.3 Å². The van der Waals surface area contributed by atoms with Crippen molar-refractivity contribution in [2.45, 2.75) is 38.8 Å². The highest BCUT2D eigenvalue weighted by Gasteiger charge is 2.38. The average molecular weight is 319 g/mol. The molecule has 24 heavy (non-hydrogen) atoms. The van der Waals surface area contributed by atoms with E-state index < -0.39 is 0 Å². The first-order valence-electron chi connectivity index (χ1n) is 9.12. The third-order valence-corrected chi connectivity index (χ3v) is 5.91. The molecule has 0 N–H and O–H groups in total. The summed E-state index contributed by atoms with van der Waals surface area (Å²) in [6, 6.07) is 19.4. The SMILES string of the molecule is CC1CC(C2Cc3ccccc3C2=O)CCN1Cc1ccccc1. The van der Waals surface area contributed by atoms with Crippen LogP contribution in [0.25, 0.3) is 0 Å². The zero-order chi connectivity index (χ0) is 16.5. The fraction of sp³-hybridized carbons (Fsp3) is 0.409. The van der Waals surface area contributed by atoms with Gasteiger partial charge in [0.2, 0.25) is 0 Å². The maximum Gasteiger partial charge on any atom is 0.166 e. The minimum Gasteiger partial charge on any atom is -0.296 e. The first-order valence-corrected chi connectivity index (χ1v) is 9.12. The van der Waals surface area contributed by atoms with E-state index in [4.69, 9.17) is 0 Å². The van der Waals surface area contributed by atoms with Crippen molar-refractivity contribution in [3.63, 3.8) is 0 Å². The highest BCUT2D eigenvalue weighted by Crippen LogP contribution is 2.38. The Morgan fingerprint density at radius 1 is 1.04 bits per heavy atom. The number of carbonyl (C=O) groups excluding carboxylic acids is 1. The third-order valence-electron chi connectivity index (χ3n) is 5.91. The minimum atomic E-state index is 0.212. The van der Waals surface area contributed by atoms with E-state index in [0.29, 0.717) is 17.7 Å². The van der Waals surface area contributed by atoms with Crippen LogP contribution >= 0.6 is 0 Å². The smallest absolute Gasteiger partial charge is 0.166 e. The van der Waals surface area contributed by atoms with Gasteiger partial charge in [0.15, 0.2) is 5.78 Å². The van der Waals surface area contributed by atoms with Gasteiger partial charge in [0.1, 0.15) is 0 Å². The molecular formula is C22H25NO. The zero-order valence-electron chi connectivity index (χ0n) is 14.3. The Balaban J connectivity index is 1.41. The standard InChI is InChI=1S/C22H25NO/c1-16-13-19(11-12-23(16)15-17-7-3-2-4-8-17)21-14-18-9-5-6-10-20(18)22(21)24/h2-10,16,19,21H,11-15H2,1H3. The summed E-state index contributed by atoms with van der Waals surface area (Å²) in [4.78, 5) is 15.3. The van der Waals surface area contributed by atoms with Gasteiger partial charge in [-0.1, -0.05) is 54.6 Å². The van der Waals surface area contributed by atoms with Crippen LogP contribution in [0, 0.1) is 11.8 Å². The van der Waals surface area contributed by atoms with Gasteiger partial charge < -0.3 is 0 Å². The maximum atomic E-state index is 12.8. The van der Waals surface area contributed by atoms with Crippen molar-refractivity contribution in [2.24, 2.45) is 11.8 Å². The minimum absolute atomic E-state index is 0.212. The molecule has 1 fully saturated rings.